The van der Waals surface area contributed by atoms with E-state index in [1.165, 1.54) is 23.5 Å². The van der Waals surface area contributed by atoms with Gasteiger partial charge in [-0.25, -0.2) is 13.4 Å². The fourth-order valence-electron chi connectivity index (χ4n) is 6.55. The quantitative estimate of drug-likeness (QED) is 0.502. The van der Waals surface area contributed by atoms with Crippen molar-refractivity contribution in [3.63, 3.8) is 0 Å². The van der Waals surface area contributed by atoms with E-state index in [-0.39, 0.29) is 45.6 Å². The number of carbonyl (C=O) groups excluding carboxylic acids is 1. The Kier molecular flexibility index (Phi) is 7.92. The van der Waals surface area contributed by atoms with Gasteiger partial charge in [-0.05, 0) is 74.6 Å². The SMILES string of the molecule is CCN(CC)C(=O)[C@@H](C)[C@H]1CC[C@@]2(C)Cc3sc(CS(=O)(=O)c4ccc(Cl)cc4)nc3[C@@H](C)[C@@H]2[C@H]1O. The van der Waals surface area contributed by atoms with Crippen LogP contribution in [0.1, 0.15) is 69.0 Å². The standard InChI is InChI=1S/C27H37ClN2O4S2/c1-6-30(7-2)26(32)16(3)20-12-13-27(5)14-21-24(17(4)23(27)25(20)31)29-22(35-21)15-36(33,34)19-10-8-18(28)9-11-19/h8-11,16-17,20,23,25,31H,6-7,12-15H2,1-5H3/t16-,17-,20+,23+,25-,27-/m0/s1. The van der Waals surface area contributed by atoms with Gasteiger partial charge in [-0.15, -0.1) is 11.3 Å². The highest BCUT2D eigenvalue weighted by molar-refractivity contribution is 7.90. The summed E-state index contributed by atoms with van der Waals surface area (Å²) < 4.78 is 26.0. The number of fused-ring (bicyclic) bond motifs is 2. The third kappa shape index (κ3) is 4.98. The van der Waals surface area contributed by atoms with E-state index >= 15 is 0 Å². The number of benzene rings is 1. The van der Waals surface area contributed by atoms with Crippen LogP contribution in [-0.4, -0.2) is 48.5 Å². The van der Waals surface area contributed by atoms with Crippen LogP contribution in [0.15, 0.2) is 29.2 Å². The highest BCUT2D eigenvalue weighted by atomic mass is 35.5. The number of aliphatic hydroxyl groups is 1. The molecule has 198 valence electrons. The molecule has 1 saturated carbocycles. The molecule has 1 heterocycles. The lowest BCUT2D eigenvalue weighted by atomic mass is 9.53. The number of halogens is 1. The first-order valence-electron chi connectivity index (χ1n) is 12.9. The normalized spacial score (nSPS) is 28.8. The minimum absolute atomic E-state index is 0.0180. The summed E-state index contributed by atoms with van der Waals surface area (Å²) in [6.45, 7) is 11.6. The zero-order valence-corrected chi connectivity index (χ0v) is 24.1. The van der Waals surface area contributed by atoms with Gasteiger partial charge in [0.15, 0.2) is 9.84 Å². The fraction of sp³-hybridized carbons (Fsp3) is 0.630. The minimum Gasteiger partial charge on any atom is -0.392 e. The summed E-state index contributed by atoms with van der Waals surface area (Å²) in [7, 11) is -3.54. The first kappa shape index (κ1) is 27.6. The van der Waals surface area contributed by atoms with Crippen molar-refractivity contribution < 1.29 is 18.3 Å². The van der Waals surface area contributed by atoms with Crippen molar-refractivity contribution in [1.82, 2.24) is 9.88 Å². The monoisotopic (exact) mass is 552 g/mol. The second-order valence-electron chi connectivity index (χ2n) is 10.8. The summed E-state index contributed by atoms with van der Waals surface area (Å²) >= 11 is 7.40. The zero-order chi connectivity index (χ0) is 26.4. The molecule has 0 saturated heterocycles. The van der Waals surface area contributed by atoms with Gasteiger partial charge in [0.05, 0.1) is 16.7 Å². The molecule has 2 aromatic rings. The Labute approximate surface area is 224 Å². The van der Waals surface area contributed by atoms with E-state index in [4.69, 9.17) is 16.6 Å². The van der Waals surface area contributed by atoms with Crippen LogP contribution in [0.2, 0.25) is 5.02 Å². The van der Waals surface area contributed by atoms with Gasteiger partial charge in [0, 0.05) is 34.8 Å². The summed E-state index contributed by atoms with van der Waals surface area (Å²) in [5.41, 5.74) is 0.797. The van der Waals surface area contributed by atoms with E-state index in [0.29, 0.717) is 23.1 Å². The third-order valence-electron chi connectivity index (χ3n) is 8.56. The van der Waals surface area contributed by atoms with Crippen molar-refractivity contribution >= 4 is 38.7 Å². The smallest absolute Gasteiger partial charge is 0.225 e. The Morgan fingerprint density at radius 3 is 2.53 bits per heavy atom. The molecular weight excluding hydrogens is 516 g/mol. The second-order valence-corrected chi connectivity index (χ2v) is 14.4. The highest BCUT2D eigenvalue weighted by Crippen LogP contribution is 2.57. The van der Waals surface area contributed by atoms with E-state index in [1.54, 1.807) is 12.1 Å². The first-order chi connectivity index (χ1) is 16.9. The summed E-state index contributed by atoms with van der Waals surface area (Å²) in [6, 6.07) is 6.22. The van der Waals surface area contributed by atoms with Crippen LogP contribution in [0.3, 0.4) is 0 Å². The number of aliphatic hydroxyl groups excluding tert-OH is 1. The number of nitrogens with zero attached hydrogens (tertiary/aromatic N) is 2. The molecule has 0 aliphatic heterocycles. The van der Waals surface area contributed by atoms with Gasteiger partial charge in [0.2, 0.25) is 5.91 Å². The van der Waals surface area contributed by atoms with Crippen LogP contribution >= 0.6 is 22.9 Å². The number of amides is 1. The van der Waals surface area contributed by atoms with Gasteiger partial charge in [0.25, 0.3) is 0 Å². The minimum atomic E-state index is -3.54. The molecular formula is C27H37ClN2O4S2. The average molecular weight is 553 g/mol. The molecule has 2 aliphatic rings. The van der Waals surface area contributed by atoms with Gasteiger partial charge < -0.3 is 10.0 Å². The Morgan fingerprint density at radius 1 is 1.28 bits per heavy atom. The first-order valence-corrected chi connectivity index (χ1v) is 15.7. The number of aromatic nitrogens is 1. The number of hydrogen-bond donors (Lipinski definition) is 1. The van der Waals surface area contributed by atoms with Crippen LogP contribution in [0.5, 0.6) is 0 Å². The maximum atomic E-state index is 13.1. The Balaban J connectivity index is 1.58. The van der Waals surface area contributed by atoms with Crippen LogP contribution in [0, 0.1) is 23.2 Å². The molecule has 9 heteroatoms. The van der Waals surface area contributed by atoms with Crippen LogP contribution in [-0.2, 0) is 26.8 Å². The van der Waals surface area contributed by atoms with Crippen LogP contribution in [0.25, 0.3) is 0 Å². The Morgan fingerprint density at radius 2 is 1.92 bits per heavy atom. The number of hydrogen-bond acceptors (Lipinski definition) is 6. The molecule has 2 aliphatic carbocycles. The predicted molar refractivity (Wildman–Crippen MR) is 144 cm³/mol. The molecule has 0 radical (unpaired) electrons. The van der Waals surface area contributed by atoms with E-state index in [1.807, 2.05) is 25.7 Å². The molecule has 36 heavy (non-hydrogen) atoms. The average Bonchev–Trinajstić information content (AvgIpc) is 3.20. The van der Waals surface area contributed by atoms with Crippen molar-refractivity contribution in [2.24, 2.45) is 23.2 Å². The number of thiazole rings is 1. The molecule has 6 nitrogen and oxygen atoms in total. The number of rotatable bonds is 7. The van der Waals surface area contributed by atoms with Gasteiger partial charge in [-0.2, -0.15) is 0 Å². The van der Waals surface area contributed by atoms with Crippen molar-refractivity contribution in [2.45, 2.75) is 76.6 Å². The lowest BCUT2D eigenvalue weighted by molar-refractivity contribution is -0.144. The third-order valence-corrected chi connectivity index (χ3v) is 11.7. The highest BCUT2D eigenvalue weighted by Gasteiger charge is 2.54. The van der Waals surface area contributed by atoms with E-state index in [0.717, 1.165) is 29.8 Å². The van der Waals surface area contributed by atoms with E-state index < -0.39 is 15.9 Å². The predicted octanol–water partition coefficient (Wildman–Crippen LogP) is 5.33. The molecule has 0 unspecified atom stereocenters. The summed E-state index contributed by atoms with van der Waals surface area (Å²) in [5.74, 6) is -0.424. The van der Waals surface area contributed by atoms with Gasteiger partial charge in [-0.3, -0.25) is 4.79 Å². The Hall–Kier alpha value is -1.48. The van der Waals surface area contributed by atoms with E-state index in [2.05, 4.69) is 13.8 Å². The molecule has 1 amide bonds. The summed E-state index contributed by atoms with van der Waals surface area (Å²) in [5, 5.41) is 12.7. The molecule has 1 aromatic carbocycles. The largest absolute Gasteiger partial charge is 0.392 e. The van der Waals surface area contributed by atoms with Gasteiger partial charge in [0.1, 0.15) is 10.8 Å². The lowest BCUT2D eigenvalue weighted by Crippen LogP contribution is -2.53. The van der Waals surface area contributed by atoms with Crippen molar-refractivity contribution in [2.75, 3.05) is 13.1 Å². The summed E-state index contributed by atoms with van der Waals surface area (Å²) in [6.07, 6.45) is 1.90. The zero-order valence-electron chi connectivity index (χ0n) is 21.7. The van der Waals surface area contributed by atoms with Gasteiger partial charge >= 0.3 is 0 Å². The molecule has 0 spiro atoms. The van der Waals surface area contributed by atoms with E-state index in [9.17, 15) is 18.3 Å². The molecule has 6 atom stereocenters. The molecule has 1 aromatic heterocycles. The lowest BCUT2D eigenvalue weighted by Gasteiger charge is -2.53. The van der Waals surface area contributed by atoms with Crippen molar-refractivity contribution in [1.29, 1.82) is 0 Å². The fourth-order valence-corrected chi connectivity index (χ4v) is 9.65. The van der Waals surface area contributed by atoms with Crippen LogP contribution in [0.4, 0.5) is 0 Å². The Bertz CT molecular complexity index is 1210. The maximum absolute atomic E-state index is 13.1. The molecule has 4 rings (SSSR count). The van der Waals surface area contributed by atoms with Gasteiger partial charge in [-0.1, -0.05) is 32.4 Å². The summed E-state index contributed by atoms with van der Waals surface area (Å²) in [4.78, 5) is 21.1. The maximum Gasteiger partial charge on any atom is 0.225 e. The molecule has 1 N–H and O–H groups in total. The second kappa shape index (κ2) is 10.4. The topological polar surface area (TPSA) is 87.6 Å². The van der Waals surface area contributed by atoms with Crippen LogP contribution < -0.4 is 0 Å². The van der Waals surface area contributed by atoms with Crippen molar-refractivity contribution in [3.8, 4) is 0 Å². The van der Waals surface area contributed by atoms with Crippen molar-refractivity contribution in [3.05, 3.63) is 44.9 Å². The molecule has 1 fully saturated rings. The number of carbonyl (C=O) groups is 1. The molecule has 0 bridgehead atoms. The number of sulfone groups is 1.